The van der Waals surface area contributed by atoms with Gasteiger partial charge in [-0.2, -0.15) is 4.31 Å². The van der Waals surface area contributed by atoms with E-state index in [2.05, 4.69) is 5.32 Å². The summed E-state index contributed by atoms with van der Waals surface area (Å²) >= 11 is 0. The van der Waals surface area contributed by atoms with Crippen LogP contribution in [0.1, 0.15) is 32.6 Å². The van der Waals surface area contributed by atoms with Crippen molar-refractivity contribution in [2.75, 3.05) is 19.4 Å². The van der Waals surface area contributed by atoms with Crippen LogP contribution in [-0.2, 0) is 14.8 Å². The molecular formula is C11H22N2O4S. The number of hydrogen-bond donors (Lipinski definition) is 2. The summed E-state index contributed by atoms with van der Waals surface area (Å²) in [5, 5.41) is 11.7. The number of sulfonamides is 1. The van der Waals surface area contributed by atoms with Crippen molar-refractivity contribution < 1.29 is 18.3 Å². The molecule has 1 fully saturated rings. The number of nitrogens with zero attached hydrogens (tertiary/aromatic N) is 1. The normalized spacial score (nSPS) is 23.6. The minimum absolute atomic E-state index is 0.131. The van der Waals surface area contributed by atoms with E-state index in [0.29, 0.717) is 19.4 Å². The Morgan fingerprint density at radius 2 is 2.17 bits per heavy atom. The Kier molecular flexibility index (Phi) is 5.55. The Bertz CT molecular complexity index is 379. The first-order valence-electron chi connectivity index (χ1n) is 6.28. The molecule has 7 heteroatoms. The summed E-state index contributed by atoms with van der Waals surface area (Å²) in [5.41, 5.74) is 0. The maximum absolute atomic E-state index is 12.1. The van der Waals surface area contributed by atoms with Crippen molar-refractivity contribution >= 4 is 15.9 Å². The highest BCUT2D eigenvalue weighted by Crippen LogP contribution is 2.20. The molecule has 0 bridgehead atoms. The molecule has 0 aromatic rings. The molecule has 106 valence electrons. The largest absolute Gasteiger partial charge is 0.394 e. The molecule has 1 saturated heterocycles. The summed E-state index contributed by atoms with van der Waals surface area (Å²) in [6.45, 7) is 2.12. The van der Waals surface area contributed by atoms with E-state index in [0.717, 1.165) is 19.1 Å². The van der Waals surface area contributed by atoms with Gasteiger partial charge in [0, 0.05) is 6.54 Å². The highest BCUT2D eigenvalue weighted by atomic mass is 32.2. The van der Waals surface area contributed by atoms with Gasteiger partial charge in [-0.05, 0) is 19.3 Å². The third kappa shape index (κ3) is 3.93. The average Bonchev–Trinajstić information content (AvgIpc) is 2.34. The second kappa shape index (κ2) is 6.49. The van der Waals surface area contributed by atoms with Crippen LogP contribution in [0.2, 0.25) is 0 Å². The smallest absolute Gasteiger partial charge is 0.238 e. The van der Waals surface area contributed by atoms with E-state index in [9.17, 15) is 13.2 Å². The standard InChI is InChI=1S/C11H22N2O4S/c1-3-9(8-14)12-11(15)10-6-4-5-7-13(10)18(2,16)17/h9-10,14H,3-8H2,1-2H3,(H,12,15). The van der Waals surface area contributed by atoms with E-state index in [4.69, 9.17) is 5.11 Å². The van der Waals surface area contributed by atoms with E-state index >= 15 is 0 Å². The van der Waals surface area contributed by atoms with E-state index in [1.807, 2.05) is 6.92 Å². The summed E-state index contributed by atoms with van der Waals surface area (Å²) in [6, 6.07) is -0.935. The van der Waals surface area contributed by atoms with Crippen LogP contribution in [0.5, 0.6) is 0 Å². The fraction of sp³-hybridized carbons (Fsp3) is 0.909. The van der Waals surface area contributed by atoms with Gasteiger partial charge in [0.05, 0.1) is 18.9 Å². The zero-order valence-electron chi connectivity index (χ0n) is 10.9. The van der Waals surface area contributed by atoms with E-state index < -0.39 is 16.1 Å². The van der Waals surface area contributed by atoms with Crippen molar-refractivity contribution in [2.24, 2.45) is 0 Å². The monoisotopic (exact) mass is 278 g/mol. The van der Waals surface area contributed by atoms with Crippen molar-refractivity contribution in [3.63, 3.8) is 0 Å². The molecule has 0 aromatic carbocycles. The quantitative estimate of drug-likeness (QED) is 0.722. The fourth-order valence-electron chi connectivity index (χ4n) is 2.14. The maximum atomic E-state index is 12.1. The van der Waals surface area contributed by atoms with E-state index in [-0.39, 0.29) is 18.6 Å². The first-order chi connectivity index (χ1) is 8.40. The molecule has 0 aromatic heterocycles. The number of aliphatic hydroxyl groups excluding tert-OH is 1. The lowest BCUT2D eigenvalue weighted by atomic mass is 10.0. The van der Waals surface area contributed by atoms with Gasteiger partial charge in [0.1, 0.15) is 6.04 Å². The molecule has 2 N–H and O–H groups in total. The SMILES string of the molecule is CCC(CO)NC(=O)C1CCCCN1S(C)(=O)=O. The maximum Gasteiger partial charge on any atom is 0.238 e. The number of carbonyl (C=O) groups excluding carboxylic acids is 1. The van der Waals surface area contributed by atoms with Crippen molar-refractivity contribution in [2.45, 2.75) is 44.7 Å². The zero-order valence-corrected chi connectivity index (χ0v) is 11.7. The Balaban J connectivity index is 2.75. The first-order valence-corrected chi connectivity index (χ1v) is 8.13. The van der Waals surface area contributed by atoms with Crippen LogP contribution in [-0.4, -0.2) is 55.2 Å². The van der Waals surface area contributed by atoms with Gasteiger partial charge in [-0.15, -0.1) is 0 Å². The minimum atomic E-state index is -3.36. The van der Waals surface area contributed by atoms with Gasteiger partial charge in [-0.25, -0.2) is 8.42 Å². The summed E-state index contributed by atoms with van der Waals surface area (Å²) in [6.07, 6.45) is 3.92. The number of amides is 1. The van der Waals surface area contributed by atoms with Crippen LogP contribution in [0, 0.1) is 0 Å². The Morgan fingerprint density at radius 1 is 1.50 bits per heavy atom. The molecule has 1 rings (SSSR count). The van der Waals surface area contributed by atoms with Gasteiger partial charge in [-0.1, -0.05) is 13.3 Å². The van der Waals surface area contributed by atoms with Crippen LogP contribution in [0.3, 0.4) is 0 Å². The lowest BCUT2D eigenvalue weighted by Crippen LogP contribution is -2.53. The van der Waals surface area contributed by atoms with Gasteiger partial charge in [-0.3, -0.25) is 4.79 Å². The molecule has 0 radical (unpaired) electrons. The fourth-order valence-corrected chi connectivity index (χ4v) is 3.26. The number of piperidine rings is 1. The molecular weight excluding hydrogens is 256 g/mol. The molecule has 1 aliphatic rings. The first kappa shape index (κ1) is 15.4. The van der Waals surface area contributed by atoms with Crippen LogP contribution >= 0.6 is 0 Å². The predicted octanol–water partition coefficient (Wildman–Crippen LogP) is -0.312. The van der Waals surface area contributed by atoms with Crippen molar-refractivity contribution in [1.29, 1.82) is 0 Å². The summed E-state index contributed by atoms with van der Waals surface area (Å²) in [4.78, 5) is 12.1. The van der Waals surface area contributed by atoms with Crippen LogP contribution in [0.25, 0.3) is 0 Å². The minimum Gasteiger partial charge on any atom is -0.394 e. The van der Waals surface area contributed by atoms with Gasteiger partial charge < -0.3 is 10.4 Å². The number of carbonyl (C=O) groups is 1. The molecule has 1 amide bonds. The molecule has 6 nitrogen and oxygen atoms in total. The topological polar surface area (TPSA) is 86.7 Å². The lowest BCUT2D eigenvalue weighted by molar-refractivity contribution is -0.126. The average molecular weight is 278 g/mol. The predicted molar refractivity (Wildman–Crippen MR) is 68.5 cm³/mol. The van der Waals surface area contributed by atoms with Gasteiger partial charge >= 0.3 is 0 Å². The highest BCUT2D eigenvalue weighted by Gasteiger charge is 2.34. The Morgan fingerprint density at radius 3 is 2.67 bits per heavy atom. The molecule has 0 aliphatic carbocycles. The van der Waals surface area contributed by atoms with Crippen LogP contribution in [0.4, 0.5) is 0 Å². The van der Waals surface area contributed by atoms with Crippen LogP contribution < -0.4 is 5.32 Å². The molecule has 2 atom stereocenters. The third-order valence-corrected chi connectivity index (χ3v) is 4.53. The second-order valence-electron chi connectivity index (χ2n) is 4.68. The summed E-state index contributed by atoms with van der Waals surface area (Å²) < 4.78 is 24.5. The number of hydrogen-bond acceptors (Lipinski definition) is 4. The number of aliphatic hydroxyl groups is 1. The Labute approximate surface area is 108 Å². The van der Waals surface area contributed by atoms with E-state index in [1.165, 1.54) is 4.31 Å². The van der Waals surface area contributed by atoms with Gasteiger partial charge in [0.2, 0.25) is 15.9 Å². The molecule has 1 aliphatic heterocycles. The molecule has 2 unspecified atom stereocenters. The highest BCUT2D eigenvalue weighted by molar-refractivity contribution is 7.88. The van der Waals surface area contributed by atoms with E-state index in [1.54, 1.807) is 0 Å². The second-order valence-corrected chi connectivity index (χ2v) is 6.62. The molecule has 1 heterocycles. The lowest BCUT2D eigenvalue weighted by Gasteiger charge is -2.33. The number of rotatable bonds is 5. The van der Waals surface area contributed by atoms with Gasteiger partial charge in [0.15, 0.2) is 0 Å². The third-order valence-electron chi connectivity index (χ3n) is 3.24. The zero-order chi connectivity index (χ0) is 13.8. The summed E-state index contributed by atoms with van der Waals surface area (Å²) in [7, 11) is -3.36. The van der Waals surface area contributed by atoms with Crippen molar-refractivity contribution in [3.05, 3.63) is 0 Å². The Hall–Kier alpha value is -0.660. The molecule has 0 saturated carbocycles. The van der Waals surface area contributed by atoms with Crippen LogP contribution in [0.15, 0.2) is 0 Å². The van der Waals surface area contributed by atoms with Crippen molar-refractivity contribution in [1.82, 2.24) is 9.62 Å². The molecule has 18 heavy (non-hydrogen) atoms. The number of nitrogens with one attached hydrogen (secondary N) is 1. The van der Waals surface area contributed by atoms with Gasteiger partial charge in [0.25, 0.3) is 0 Å². The summed E-state index contributed by atoms with van der Waals surface area (Å²) in [5.74, 6) is -0.305. The van der Waals surface area contributed by atoms with Crippen molar-refractivity contribution in [3.8, 4) is 0 Å². The molecule has 0 spiro atoms.